The van der Waals surface area contributed by atoms with E-state index < -0.39 is 0 Å². The van der Waals surface area contributed by atoms with E-state index in [1.165, 1.54) is 5.56 Å². The molecule has 0 aromatic heterocycles. The van der Waals surface area contributed by atoms with Gasteiger partial charge in [0, 0.05) is 10.8 Å². The molecule has 15 heavy (non-hydrogen) atoms. The normalized spacial score (nSPS) is 9.67. The molecule has 0 saturated heterocycles. The van der Waals surface area contributed by atoms with E-state index in [9.17, 15) is 4.79 Å². The quantitative estimate of drug-likeness (QED) is 0.273. The van der Waals surface area contributed by atoms with Gasteiger partial charge in [0.2, 0.25) is 0 Å². The third-order valence-corrected chi connectivity index (χ3v) is 2.74. The number of halogens is 1. The van der Waals surface area contributed by atoms with Gasteiger partial charge in [0.05, 0.1) is 0 Å². The van der Waals surface area contributed by atoms with Gasteiger partial charge in [-0.3, -0.25) is 4.79 Å². The van der Waals surface area contributed by atoms with Crippen molar-refractivity contribution < 1.29 is 9.53 Å². The average Bonchev–Trinajstić information content (AvgIpc) is 2.27. The molecule has 3 heteroatoms. The fraction of sp³-hybridized carbons (Fsp3) is 0.250. The van der Waals surface area contributed by atoms with E-state index in [4.69, 9.17) is 4.74 Å². The summed E-state index contributed by atoms with van der Waals surface area (Å²) in [5.41, 5.74) is 1.22. The van der Waals surface area contributed by atoms with Crippen molar-refractivity contribution in [2.75, 3.05) is 0 Å². The molecule has 0 spiro atoms. The van der Waals surface area contributed by atoms with Crippen molar-refractivity contribution in [3.8, 4) is 5.75 Å². The standard InChI is InChI=1S/C12H13IO2/c1-2-3-4-12(14)15-11-7-5-10(9-13)6-8-11/h2,5-8H,1,3-4,9H2. The zero-order chi connectivity index (χ0) is 11.1. The summed E-state index contributed by atoms with van der Waals surface area (Å²) in [6.45, 7) is 3.55. The van der Waals surface area contributed by atoms with Crippen LogP contribution < -0.4 is 4.74 Å². The maximum atomic E-state index is 11.3. The van der Waals surface area contributed by atoms with Gasteiger partial charge in [-0.2, -0.15) is 0 Å². The molecule has 1 rings (SSSR count). The van der Waals surface area contributed by atoms with Crippen LogP contribution in [-0.4, -0.2) is 5.97 Å². The molecule has 0 radical (unpaired) electrons. The first kappa shape index (κ1) is 12.2. The predicted molar refractivity (Wildman–Crippen MR) is 69.2 cm³/mol. The van der Waals surface area contributed by atoms with Gasteiger partial charge in [0.1, 0.15) is 5.75 Å². The van der Waals surface area contributed by atoms with E-state index in [2.05, 4.69) is 29.2 Å². The van der Waals surface area contributed by atoms with E-state index in [-0.39, 0.29) is 5.97 Å². The number of ether oxygens (including phenoxy) is 1. The first-order valence-corrected chi connectivity index (χ1v) is 6.25. The molecule has 0 aliphatic rings. The van der Waals surface area contributed by atoms with Crippen LogP contribution in [0.3, 0.4) is 0 Å². The minimum Gasteiger partial charge on any atom is -0.427 e. The lowest BCUT2D eigenvalue weighted by atomic mass is 10.2. The van der Waals surface area contributed by atoms with Crippen LogP contribution in [0.5, 0.6) is 5.75 Å². The summed E-state index contributed by atoms with van der Waals surface area (Å²) >= 11 is 2.29. The van der Waals surface area contributed by atoms with Gasteiger partial charge in [0.15, 0.2) is 0 Å². The number of benzene rings is 1. The molecule has 0 unspecified atom stereocenters. The fourth-order valence-corrected chi connectivity index (χ4v) is 1.56. The highest BCUT2D eigenvalue weighted by atomic mass is 127. The summed E-state index contributed by atoms with van der Waals surface area (Å²) in [4.78, 5) is 11.3. The van der Waals surface area contributed by atoms with Gasteiger partial charge in [-0.05, 0) is 24.1 Å². The first-order valence-electron chi connectivity index (χ1n) is 4.72. The second-order valence-corrected chi connectivity index (χ2v) is 3.84. The minimum atomic E-state index is -0.211. The fourth-order valence-electron chi connectivity index (χ4n) is 1.05. The van der Waals surface area contributed by atoms with Gasteiger partial charge in [0.25, 0.3) is 0 Å². The number of alkyl halides is 1. The van der Waals surface area contributed by atoms with Crippen molar-refractivity contribution in [1.29, 1.82) is 0 Å². The van der Waals surface area contributed by atoms with Crippen LogP contribution in [0.2, 0.25) is 0 Å². The second kappa shape index (κ2) is 6.61. The highest BCUT2D eigenvalue weighted by Gasteiger charge is 2.02. The lowest BCUT2D eigenvalue weighted by molar-refractivity contribution is -0.134. The van der Waals surface area contributed by atoms with Crippen LogP contribution in [0, 0.1) is 0 Å². The first-order chi connectivity index (χ1) is 7.26. The van der Waals surface area contributed by atoms with E-state index in [1.807, 2.05) is 24.3 Å². The molecule has 1 aromatic rings. The number of carbonyl (C=O) groups is 1. The van der Waals surface area contributed by atoms with Gasteiger partial charge in [-0.1, -0.05) is 40.8 Å². The van der Waals surface area contributed by atoms with Crippen molar-refractivity contribution in [3.05, 3.63) is 42.5 Å². The molecule has 2 nitrogen and oxygen atoms in total. The van der Waals surface area contributed by atoms with Crippen molar-refractivity contribution in [2.45, 2.75) is 17.3 Å². The summed E-state index contributed by atoms with van der Waals surface area (Å²) in [6.07, 6.45) is 2.75. The smallest absolute Gasteiger partial charge is 0.311 e. The molecule has 0 atom stereocenters. The van der Waals surface area contributed by atoms with Crippen LogP contribution in [0.4, 0.5) is 0 Å². The van der Waals surface area contributed by atoms with E-state index in [1.54, 1.807) is 6.08 Å². The molecule has 80 valence electrons. The van der Waals surface area contributed by atoms with Crippen LogP contribution >= 0.6 is 22.6 Å². The van der Waals surface area contributed by atoms with E-state index in [0.29, 0.717) is 18.6 Å². The summed E-state index contributed by atoms with van der Waals surface area (Å²) in [5, 5.41) is 0. The molecule has 0 aliphatic heterocycles. The number of esters is 1. The molecular weight excluding hydrogens is 303 g/mol. The Bertz CT molecular complexity index is 330. The van der Waals surface area contributed by atoms with Gasteiger partial charge < -0.3 is 4.74 Å². The van der Waals surface area contributed by atoms with Crippen molar-refractivity contribution in [1.82, 2.24) is 0 Å². The molecular formula is C12H13IO2. The average molecular weight is 316 g/mol. The zero-order valence-electron chi connectivity index (χ0n) is 8.41. The Balaban J connectivity index is 2.49. The summed E-state index contributed by atoms with van der Waals surface area (Å²) in [5.74, 6) is 0.398. The topological polar surface area (TPSA) is 26.3 Å². The Morgan fingerprint density at radius 3 is 2.60 bits per heavy atom. The summed E-state index contributed by atoms with van der Waals surface area (Å²) in [7, 11) is 0. The third-order valence-electron chi connectivity index (χ3n) is 1.86. The molecule has 0 N–H and O–H groups in total. The Labute approximate surface area is 103 Å². The molecule has 0 saturated carbocycles. The van der Waals surface area contributed by atoms with E-state index in [0.717, 1.165) is 4.43 Å². The Hall–Kier alpha value is -0.840. The molecule has 0 fully saturated rings. The molecule has 0 bridgehead atoms. The number of allylic oxidation sites excluding steroid dienone is 1. The number of carbonyl (C=O) groups excluding carboxylic acids is 1. The minimum absolute atomic E-state index is 0.211. The molecule has 0 aliphatic carbocycles. The lowest BCUT2D eigenvalue weighted by Gasteiger charge is -2.03. The molecule has 1 aromatic carbocycles. The van der Waals surface area contributed by atoms with Crippen LogP contribution in [0.1, 0.15) is 18.4 Å². The Kier molecular flexibility index (Phi) is 5.39. The highest BCUT2D eigenvalue weighted by molar-refractivity contribution is 14.1. The number of hydrogen-bond donors (Lipinski definition) is 0. The van der Waals surface area contributed by atoms with Gasteiger partial charge >= 0.3 is 5.97 Å². The number of rotatable bonds is 5. The Morgan fingerprint density at radius 1 is 1.40 bits per heavy atom. The van der Waals surface area contributed by atoms with Gasteiger partial charge in [-0.25, -0.2) is 0 Å². The molecule has 0 amide bonds. The predicted octanol–water partition coefficient (Wildman–Crippen LogP) is 3.49. The van der Waals surface area contributed by atoms with Crippen molar-refractivity contribution in [3.63, 3.8) is 0 Å². The van der Waals surface area contributed by atoms with Crippen LogP contribution in [0.15, 0.2) is 36.9 Å². The maximum Gasteiger partial charge on any atom is 0.311 e. The highest BCUT2D eigenvalue weighted by Crippen LogP contribution is 2.14. The van der Waals surface area contributed by atoms with Gasteiger partial charge in [-0.15, -0.1) is 6.58 Å². The lowest BCUT2D eigenvalue weighted by Crippen LogP contribution is -2.06. The van der Waals surface area contributed by atoms with Crippen molar-refractivity contribution >= 4 is 28.6 Å². The summed E-state index contributed by atoms with van der Waals surface area (Å²) in [6, 6.07) is 7.56. The Morgan fingerprint density at radius 2 is 2.07 bits per heavy atom. The maximum absolute atomic E-state index is 11.3. The summed E-state index contributed by atoms with van der Waals surface area (Å²) < 4.78 is 6.09. The van der Waals surface area contributed by atoms with Crippen LogP contribution in [0.25, 0.3) is 0 Å². The third kappa shape index (κ3) is 4.46. The van der Waals surface area contributed by atoms with E-state index >= 15 is 0 Å². The largest absolute Gasteiger partial charge is 0.427 e. The van der Waals surface area contributed by atoms with Crippen molar-refractivity contribution in [2.24, 2.45) is 0 Å². The monoisotopic (exact) mass is 316 g/mol. The molecule has 0 heterocycles. The second-order valence-electron chi connectivity index (χ2n) is 3.08. The SMILES string of the molecule is C=CCCC(=O)Oc1ccc(CI)cc1. The zero-order valence-corrected chi connectivity index (χ0v) is 10.6. The van der Waals surface area contributed by atoms with Crippen LogP contribution in [-0.2, 0) is 9.22 Å². The number of hydrogen-bond acceptors (Lipinski definition) is 2.